The molecule has 1 aliphatic heterocycles. The van der Waals surface area contributed by atoms with Gasteiger partial charge in [0.25, 0.3) is 5.56 Å². The summed E-state index contributed by atoms with van der Waals surface area (Å²) < 4.78 is 18.3. The van der Waals surface area contributed by atoms with E-state index in [0.717, 1.165) is 6.42 Å². The number of rotatable bonds is 4. The van der Waals surface area contributed by atoms with E-state index >= 15 is 4.39 Å². The van der Waals surface area contributed by atoms with Crippen LogP contribution in [-0.4, -0.2) is 35.8 Å². The van der Waals surface area contributed by atoms with Gasteiger partial charge in [0, 0.05) is 30.9 Å². The Balaban J connectivity index is 1.65. The highest BCUT2D eigenvalue weighted by Gasteiger charge is 2.34. The second-order valence-corrected chi connectivity index (χ2v) is 9.09. The van der Waals surface area contributed by atoms with Gasteiger partial charge in [-0.15, -0.1) is 0 Å². The first-order valence-corrected chi connectivity index (χ1v) is 12.0. The number of para-hydroxylation sites is 1. The van der Waals surface area contributed by atoms with E-state index in [1.54, 1.807) is 17.9 Å². The van der Waals surface area contributed by atoms with Gasteiger partial charge in [0.15, 0.2) is 5.82 Å². The number of fused-ring (bicyclic) bond motifs is 1. The lowest BCUT2D eigenvalue weighted by atomic mass is 10.0. The first-order valence-electron chi connectivity index (χ1n) is 12.0. The third-order valence-corrected chi connectivity index (χ3v) is 6.81. The van der Waals surface area contributed by atoms with Crippen molar-refractivity contribution < 1.29 is 4.39 Å². The number of benzene rings is 2. The van der Waals surface area contributed by atoms with Gasteiger partial charge >= 0.3 is 0 Å². The lowest BCUT2D eigenvalue weighted by Crippen LogP contribution is -2.32. The van der Waals surface area contributed by atoms with E-state index in [0.29, 0.717) is 41.4 Å². The quantitative estimate of drug-likeness (QED) is 0.391. The highest BCUT2D eigenvalue weighted by atomic mass is 19.1. The van der Waals surface area contributed by atoms with E-state index < -0.39 is 11.4 Å². The fraction of sp³-hybridized carbons (Fsp3) is 0.185. The fourth-order valence-electron chi connectivity index (χ4n) is 5.15. The molecule has 6 rings (SSSR count). The molecule has 2 aromatic carbocycles. The highest BCUT2D eigenvalue weighted by Crippen LogP contribution is 2.38. The summed E-state index contributed by atoms with van der Waals surface area (Å²) in [6, 6.07) is 13.7. The van der Waals surface area contributed by atoms with E-state index in [4.69, 9.17) is 10.7 Å². The molecule has 0 bridgehead atoms. The van der Waals surface area contributed by atoms with Crippen LogP contribution in [0.4, 0.5) is 16.0 Å². The van der Waals surface area contributed by atoms with Crippen LogP contribution < -0.4 is 16.2 Å². The number of nitrogen functional groups attached to an aromatic ring is 1. The van der Waals surface area contributed by atoms with Gasteiger partial charge in [0.05, 0.1) is 28.8 Å². The topological polar surface area (TPSA) is 132 Å². The largest absolute Gasteiger partial charge is 0.382 e. The Bertz CT molecular complexity index is 1790. The van der Waals surface area contributed by atoms with Gasteiger partial charge in [-0.2, -0.15) is 10.4 Å². The van der Waals surface area contributed by atoms with Gasteiger partial charge in [-0.3, -0.25) is 14.0 Å². The normalized spacial score (nSPS) is 15.2. The number of nitrogens with zero attached hydrogens (tertiary/aromatic N) is 8. The Morgan fingerprint density at radius 3 is 2.71 bits per heavy atom. The number of aromatic nitrogens is 6. The number of aryl methyl sites for hydroxylation is 1. The van der Waals surface area contributed by atoms with Gasteiger partial charge in [-0.05, 0) is 37.1 Å². The van der Waals surface area contributed by atoms with Crippen LogP contribution in [0.1, 0.15) is 30.3 Å². The highest BCUT2D eigenvalue weighted by molar-refractivity contribution is 5.94. The first kappa shape index (κ1) is 23.3. The summed E-state index contributed by atoms with van der Waals surface area (Å²) in [6.45, 7) is 0.586. The number of nitrogens with two attached hydrogens (primary N) is 1. The van der Waals surface area contributed by atoms with E-state index in [1.807, 2.05) is 35.2 Å². The van der Waals surface area contributed by atoms with Crippen LogP contribution in [0.25, 0.3) is 27.7 Å². The smallest absolute Gasteiger partial charge is 0.266 e. The van der Waals surface area contributed by atoms with Crippen molar-refractivity contribution in [3.8, 4) is 22.9 Å². The molecule has 0 amide bonds. The Morgan fingerprint density at radius 1 is 1.16 bits per heavy atom. The summed E-state index contributed by atoms with van der Waals surface area (Å²) in [5, 5.41) is 14.1. The average molecular weight is 508 g/mol. The maximum atomic E-state index is 15.3. The van der Waals surface area contributed by atoms with Crippen LogP contribution in [0.15, 0.2) is 66.0 Å². The zero-order valence-electron chi connectivity index (χ0n) is 20.4. The van der Waals surface area contributed by atoms with Gasteiger partial charge in [-0.25, -0.2) is 19.3 Å². The molecule has 1 atom stereocenters. The Morgan fingerprint density at radius 2 is 1.97 bits per heavy atom. The Labute approximate surface area is 216 Å². The molecule has 3 aromatic heterocycles. The van der Waals surface area contributed by atoms with Crippen LogP contribution in [0.2, 0.25) is 0 Å². The van der Waals surface area contributed by atoms with Crippen LogP contribution >= 0.6 is 0 Å². The summed E-state index contributed by atoms with van der Waals surface area (Å²) in [7, 11) is 1.73. The monoisotopic (exact) mass is 507 g/mol. The van der Waals surface area contributed by atoms with Crippen molar-refractivity contribution in [3.63, 3.8) is 0 Å². The van der Waals surface area contributed by atoms with Crippen molar-refractivity contribution in [1.82, 2.24) is 29.3 Å². The van der Waals surface area contributed by atoms with Gasteiger partial charge in [0.1, 0.15) is 35.4 Å². The second-order valence-electron chi connectivity index (χ2n) is 9.09. The van der Waals surface area contributed by atoms with Crippen molar-refractivity contribution >= 4 is 22.5 Å². The minimum Gasteiger partial charge on any atom is -0.382 e. The lowest BCUT2D eigenvalue weighted by Gasteiger charge is -2.28. The standard InChI is InChI=1S/C27H22FN9O/c1-35-14-16(13-33-35)22-19(28)9-10-20-23(22)27(38)37(17-6-3-2-4-7-17)26(34-20)21-8-5-11-36(21)25-18(12-29)24(30)31-15-32-25/h2-4,6-7,9-10,13-15,21H,5,8,11H2,1H3,(H2,30,31,32). The average Bonchev–Trinajstić information content (AvgIpc) is 3.58. The first-order chi connectivity index (χ1) is 18.5. The van der Waals surface area contributed by atoms with Crippen LogP contribution in [-0.2, 0) is 7.05 Å². The molecule has 0 saturated carbocycles. The maximum absolute atomic E-state index is 15.3. The molecule has 2 N–H and O–H groups in total. The summed E-state index contributed by atoms with van der Waals surface area (Å²) in [5.41, 5.74) is 7.36. The number of halogens is 1. The molecule has 38 heavy (non-hydrogen) atoms. The number of hydrogen-bond acceptors (Lipinski definition) is 8. The summed E-state index contributed by atoms with van der Waals surface area (Å²) in [4.78, 5) is 29.5. The van der Waals surface area contributed by atoms with E-state index in [-0.39, 0.29) is 28.4 Å². The van der Waals surface area contributed by atoms with Crippen molar-refractivity contribution in [2.45, 2.75) is 18.9 Å². The van der Waals surface area contributed by atoms with E-state index in [9.17, 15) is 10.1 Å². The molecule has 5 aromatic rings. The van der Waals surface area contributed by atoms with E-state index in [1.165, 1.54) is 29.2 Å². The molecule has 4 heterocycles. The molecule has 1 unspecified atom stereocenters. The van der Waals surface area contributed by atoms with Gasteiger partial charge in [-0.1, -0.05) is 18.2 Å². The molecule has 10 nitrogen and oxygen atoms in total. The van der Waals surface area contributed by atoms with Crippen molar-refractivity contribution in [2.75, 3.05) is 17.2 Å². The van der Waals surface area contributed by atoms with Crippen LogP contribution in [0, 0.1) is 17.1 Å². The van der Waals surface area contributed by atoms with Crippen molar-refractivity contribution in [2.24, 2.45) is 7.05 Å². The van der Waals surface area contributed by atoms with Gasteiger partial charge < -0.3 is 10.6 Å². The number of hydrogen-bond donors (Lipinski definition) is 1. The predicted octanol–water partition coefficient (Wildman–Crippen LogP) is 3.51. The van der Waals surface area contributed by atoms with E-state index in [2.05, 4.69) is 21.1 Å². The molecule has 188 valence electrons. The Hall–Kier alpha value is -5.11. The van der Waals surface area contributed by atoms with Crippen molar-refractivity contribution in [1.29, 1.82) is 5.26 Å². The molecule has 11 heteroatoms. The third kappa shape index (κ3) is 3.66. The number of nitriles is 1. The molecule has 0 radical (unpaired) electrons. The molecule has 1 aliphatic rings. The second kappa shape index (κ2) is 9.08. The molecular formula is C27H22FN9O. The third-order valence-electron chi connectivity index (χ3n) is 6.81. The molecular weight excluding hydrogens is 485 g/mol. The van der Waals surface area contributed by atoms with Crippen LogP contribution in [0.3, 0.4) is 0 Å². The summed E-state index contributed by atoms with van der Waals surface area (Å²) >= 11 is 0. The number of anilines is 2. The van der Waals surface area contributed by atoms with Crippen LogP contribution in [0.5, 0.6) is 0 Å². The lowest BCUT2D eigenvalue weighted by molar-refractivity contribution is 0.626. The maximum Gasteiger partial charge on any atom is 0.266 e. The SMILES string of the molecule is Cn1cc(-c2c(F)ccc3nc(C4CCCN4c4ncnc(N)c4C#N)n(-c4ccccc4)c(=O)c23)cn1. The van der Waals surface area contributed by atoms with Gasteiger partial charge in [0.2, 0.25) is 0 Å². The minimum absolute atomic E-state index is 0.0895. The summed E-state index contributed by atoms with van der Waals surface area (Å²) in [5.74, 6) is 0.420. The Kier molecular flexibility index (Phi) is 5.57. The fourth-order valence-corrected chi connectivity index (χ4v) is 5.15. The van der Waals surface area contributed by atoms with Crippen molar-refractivity contribution in [3.05, 3.63) is 88.7 Å². The molecule has 0 spiro atoms. The molecule has 0 aliphatic carbocycles. The molecule has 1 saturated heterocycles. The zero-order chi connectivity index (χ0) is 26.4. The predicted molar refractivity (Wildman–Crippen MR) is 140 cm³/mol. The summed E-state index contributed by atoms with van der Waals surface area (Å²) in [6.07, 6.45) is 5.96. The minimum atomic E-state index is -0.533. The zero-order valence-corrected chi connectivity index (χ0v) is 20.4. The molecule has 1 fully saturated rings.